The molecule has 1 aromatic rings. The maximum Gasteiger partial charge on any atom is 0.293 e. The van der Waals surface area contributed by atoms with Crippen molar-refractivity contribution in [3.63, 3.8) is 0 Å². The van der Waals surface area contributed by atoms with E-state index in [0.717, 1.165) is 13.0 Å². The first kappa shape index (κ1) is 13.7. The maximum atomic E-state index is 11.6. The van der Waals surface area contributed by atoms with Crippen molar-refractivity contribution >= 4 is 5.82 Å². The molecule has 0 spiro atoms. The molecule has 0 amide bonds. The van der Waals surface area contributed by atoms with Crippen molar-refractivity contribution < 1.29 is 4.74 Å². The Balaban J connectivity index is 2.23. The van der Waals surface area contributed by atoms with Gasteiger partial charge in [0.15, 0.2) is 5.82 Å². The highest BCUT2D eigenvalue weighted by Gasteiger charge is 2.00. The second-order valence-corrected chi connectivity index (χ2v) is 4.41. The molecular weight excluding hydrogens is 218 g/mol. The van der Waals surface area contributed by atoms with Gasteiger partial charge in [0, 0.05) is 32.6 Å². The Hall–Kier alpha value is -1.36. The first-order valence-corrected chi connectivity index (χ1v) is 5.94. The molecule has 0 aliphatic carbocycles. The maximum absolute atomic E-state index is 11.6. The number of hydrogen-bond acceptors (Lipinski definition) is 4. The number of hydrogen-bond donors (Lipinski definition) is 1. The van der Waals surface area contributed by atoms with E-state index in [9.17, 15) is 4.79 Å². The van der Waals surface area contributed by atoms with Crippen LogP contribution in [0.25, 0.3) is 0 Å². The molecule has 5 nitrogen and oxygen atoms in total. The van der Waals surface area contributed by atoms with Crippen molar-refractivity contribution in [2.24, 2.45) is 13.0 Å². The van der Waals surface area contributed by atoms with E-state index >= 15 is 0 Å². The minimum Gasteiger partial charge on any atom is -0.380 e. The van der Waals surface area contributed by atoms with Gasteiger partial charge in [-0.2, -0.15) is 0 Å². The molecule has 0 fully saturated rings. The fourth-order valence-corrected chi connectivity index (χ4v) is 1.28. The van der Waals surface area contributed by atoms with Crippen LogP contribution in [0.15, 0.2) is 17.2 Å². The molecule has 1 heterocycles. The number of anilines is 1. The Labute approximate surface area is 102 Å². The summed E-state index contributed by atoms with van der Waals surface area (Å²) in [4.78, 5) is 15.6. The van der Waals surface area contributed by atoms with Gasteiger partial charge in [0.2, 0.25) is 0 Å². The Morgan fingerprint density at radius 1 is 1.47 bits per heavy atom. The van der Waals surface area contributed by atoms with Gasteiger partial charge in [-0.25, -0.2) is 4.98 Å². The van der Waals surface area contributed by atoms with Crippen LogP contribution in [-0.2, 0) is 11.8 Å². The van der Waals surface area contributed by atoms with Crippen molar-refractivity contribution in [1.82, 2.24) is 9.55 Å². The van der Waals surface area contributed by atoms with Crippen LogP contribution in [-0.4, -0.2) is 29.3 Å². The summed E-state index contributed by atoms with van der Waals surface area (Å²) in [7, 11) is 1.70. The number of aryl methyl sites for hydroxylation is 1. The zero-order valence-corrected chi connectivity index (χ0v) is 10.8. The number of ether oxygens (including phenoxy) is 1. The van der Waals surface area contributed by atoms with E-state index in [2.05, 4.69) is 24.1 Å². The fraction of sp³-hybridized carbons (Fsp3) is 0.667. The van der Waals surface area contributed by atoms with Crippen LogP contribution in [0, 0.1) is 5.92 Å². The largest absolute Gasteiger partial charge is 0.380 e. The lowest BCUT2D eigenvalue weighted by molar-refractivity contribution is 0.132. The second-order valence-electron chi connectivity index (χ2n) is 4.41. The normalized spacial score (nSPS) is 10.8. The Morgan fingerprint density at radius 3 is 2.94 bits per heavy atom. The molecule has 1 aromatic heterocycles. The molecular formula is C12H21N3O2. The quantitative estimate of drug-likeness (QED) is 0.728. The summed E-state index contributed by atoms with van der Waals surface area (Å²) in [6, 6.07) is 0. The zero-order valence-electron chi connectivity index (χ0n) is 10.8. The highest BCUT2D eigenvalue weighted by atomic mass is 16.5. The van der Waals surface area contributed by atoms with Crippen LogP contribution < -0.4 is 10.9 Å². The van der Waals surface area contributed by atoms with Gasteiger partial charge in [0.1, 0.15) is 0 Å². The van der Waals surface area contributed by atoms with Gasteiger partial charge in [-0.15, -0.1) is 0 Å². The Bertz CT molecular complexity index is 388. The molecule has 0 radical (unpaired) electrons. The van der Waals surface area contributed by atoms with Crippen molar-refractivity contribution in [2.45, 2.75) is 20.3 Å². The number of aromatic nitrogens is 2. The lowest BCUT2D eigenvalue weighted by atomic mass is 10.1. The zero-order chi connectivity index (χ0) is 12.7. The average molecular weight is 239 g/mol. The molecule has 0 bridgehead atoms. The van der Waals surface area contributed by atoms with Gasteiger partial charge in [-0.05, 0) is 12.3 Å². The number of nitrogens with one attached hydrogen (secondary N) is 1. The van der Waals surface area contributed by atoms with Gasteiger partial charge in [0.05, 0.1) is 6.61 Å². The molecule has 1 N–H and O–H groups in total. The van der Waals surface area contributed by atoms with Crippen molar-refractivity contribution in [3.8, 4) is 0 Å². The highest BCUT2D eigenvalue weighted by molar-refractivity contribution is 5.30. The van der Waals surface area contributed by atoms with Crippen LogP contribution in [0.2, 0.25) is 0 Å². The third-order valence-electron chi connectivity index (χ3n) is 2.40. The van der Waals surface area contributed by atoms with Gasteiger partial charge < -0.3 is 14.6 Å². The van der Waals surface area contributed by atoms with Gasteiger partial charge in [-0.3, -0.25) is 4.79 Å². The van der Waals surface area contributed by atoms with Gasteiger partial charge >= 0.3 is 0 Å². The Morgan fingerprint density at radius 2 is 2.24 bits per heavy atom. The van der Waals surface area contributed by atoms with Crippen molar-refractivity contribution in [1.29, 1.82) is 0 Å². The molecule has 0 unspecified atom stereocenters. The summed E-state index contributed by atoms with van der Waals surface area (Å²) in [6.07, 6.45) is 4.29. The SMILES string of the molecule is CC(C)CCOCCNc1nccn(C)c1=O. The van der Waals surface area contributed by atoms with Crippen LogP contribution in [0.1, 0.15) is 20.3 Å². The van der Waals surface area contributed by atoms with Gasteiger partial charge in [0.25, 0.3) is 5.56 Å². The third-order valence-corrected chi connectivity index (χ3v) is 2.40. The fourth-order valence-electron chi connectivity index (χ4n) is 1.28. The molecule has 0 aliphatic rings. The van der Waals surface area contributed by atoms with Crippen LogP contribution in [0.4, 0.5) is 5.82 Å². The molecule has 0 aliphatic heterocycles. The van der Waals surface area contributed by atoms with E-state index in [1.54, 1.807) is 19.4 Å². The topological polar surface area (TPSA) is 56.1 Å². The molecule has 0 saturated heterocycles. The minimum atomic E-state index is -0.116. The molecule has 96 valence electrons. The van der Waals surface area contributed by atoms with Crippen molar-refractivity contribution in [2.75, 3.05) is 25.1 Å². The molecule has 0 atom stereocenters. The Kier molecular flexibility index (Phi) is 5.69. The van der Waals surface area contributed by atoms with E-state index in [4.69, 9.17) is 4.74 Å². The predicted octanol–water partition coefficient (Wildman–Crippen LogP) is 1.25. The third kappa shape index (κ3) is 4.99. The summed E-state index contributed by atoms with van der Waals surface area (Å²) in [5, 5.41) is 2.97. The monoisotopic (exact) mass is 239 g/mol. The molecule has 17 heavy (non-hydrogen) atoms. The van der Waals surface area contributed by atoms with E-state index in [0.29, 0.717) is 24.9 Å². The summed E-state index contributed by atoms with van der Waals surface area (Å²) < 4.78 is 6.93. The van der Waals surface area contributed by atoms with E-state index in [1.807, 2.05) is 0 Å². The first-order chi connectivity index (χ1) is 8.11. The summed E-state index contributed by atoms with van der Waals surface area (Å²) in [5.74, 6) is 1.04. The van der Waals surface area contributed by atoms with Crippen LogP contribution in [0.3, 0.4) is 0 Å². The second kappa shape index (κ2) is 7.06. The molecule has 0 saturated carbocycles. The average Bonchev–Trinajstić information content (AvgIpc) is 2.28. The molecule has 1 rings (SSSR count). The molecule has 0 aromatic carbocycles. The van der Waals surface area contributed by atoms with Crippen LogP contribution in [0.5, 0.6) is 0 Å². The summed E-state index contributed by atoms with van der Waals surface area (Å²) >= 11 is 0. The minimum absolute atomic E-state index is 0.116. The first-order valence-electron chi connectivity index (χ1n) is 5.94. The van der Waals surface area contributed by atoms with E-state index < -0.39 is 0 Å². The van der Waals surface area contributed by atoms with Crippen molar-refractivity contribution in [3.05, 3.63) is 22.7 Å². The lowest BCUT2D eigenvalue weighted by Gasteiger charge is -2.08. The summed E-state index contributed by atoms with van der Waals surface area (Å²) in [5.41, 5.74) is -0.116. The molecule has 5 heteroatoms. The smallest absolute Gasteiger partial charge is 0.293 e. The number of rotatable bonds is 7. The standard InChI is InChI=1S/C12H21N3O2/c1-10(2)4-8-17-9-6-14-11-12(16)15(3)7-5-13-11/h5,7,10H,4,6,8-9H2,1-3H3,(H,13,14). The number of nitrogens with zero attached hydrogens (tertiary/aromatic N) is 2. The highest BCUT2D eigenvalue weighted by Crippen LogP contribution is 1.98. The van der Waals surface area contributed by atoms with E-state index in [1.165, 1.54) is 4.57 Å². The van der Waals surface area contributed by atoms with Crippen LogP contribution >= 0.6 is 0 Å². The summed E-state index contributed by atoms with van der Waals surface area (Å²) in [6.45, 7) is 6.29. The van der Waals surface area contributed by atoms with E-state index in [-0.39, 0.29) is 5.56 Å². The lowest BCUT2D eigenvalue weighted by Crippen LogP contribution is -2.23. The van der Waals surface area contributed by atoms with Gasteiger partial charge in [-0.1, -0.05) is 13.8 Å². The predicted molar refractivity (Wildman–Crippen MR) is 68.2 cm³/mol.